The summed E-state index contributed by atoms with van der Waals surface area (Å²) in [6, 6.07) is 100. The normalized spacial score (nSPS) is 22.5. The van der Waals surface area contributed by atoms with Crippen molar-refractivity contribution in [3.05, 3.63) is 302 Å². The van der Waals surface area contributed by atoms with Crippen LogP contribution in [0.5, 0.6) is 0 Å². The Kier molecular flexibility index (Phi) is 36.4. The summed E-state index contributed by atoms with van der Waals surface area (Å²) in [7, 11) is -5.58. The zero-order valence-electron chi connectivity index (χ0n) is 104. The zero-order chi connectivity index (χ0) is 119. The molecule has 24 heteroatoms. The van der Waals surface area contributed by atoms with Crippen LogP contribution in [0.3, 0.4) is 0 Å². The highest BCUT2D eigenvalue weighted by Gasteiger charge is 2.38. The third kappa shape index (κ3) is 25.7. The van der Waals surface area contributed by atoms with Gasteiger partial charge in [-0.25, -0.2) is 0 Å². The van der Waals surface area contributed by atoms with Crippen LogP contribution >= 0.6 is 151 Å². The van der Waals surface area contributed by atoms with Gasteiger partial charge in [-0.15, -0.1) is 77.3 Å². The molecule has 4 aliphatic heterocycles. The fourth-order valence-corrected chi connectivity index (χ4v) is 44.8. The lowest BCUT2D eigenvalue weighted by Crippen LogP contribution is -2.27. The van der Waals surface area contributed by atoms with E-state index in [0.717, 1.165) is 149 Å². The number of rotatable bonds is 12. The van der Waals surface area contributed by atoms with E-state index < -0.39 is 64.2 Å². The van der Waals surface area contributed by atoms with Gasteiger partial charge in [-0.1, -0.05) is 396 Å². The van der Waals surface area contributed by atoms with Crippen molar-refractivity contribution >= 4 is 338 Å². The molecule has 8 aromatic heterocycles. The van der Waals surface area contributed by atoms with Crippen molar-refractivity contribution in [2.75, 3.05) is 49.1 Å². The molecule has 0 saturated carbocycles. The summed E-state index contributed by atoms with van der Waals surface area (Å²) in [6.45, 7) is 40.9. The standard InChI is InChI=1S/C48H28O4P2S.C20H28P2S.C16H20P2S.C10H10S.C8H12N4P2S.C8H8P2S.7C2H6/c1-5-15-33-29(11-1)21-25-38-43(33)44-34-16-6-2-12-30(34)22-26-39(44)50-53(49-38)47-37-19-9-10-20-42(37)55-48(47)54-51-40-27-23-31-13-3-7-17-35(31)45(40)46-36-18-8-4-14-32(36)24-28-41(46)52-54;1-13-9-21(10-14(13)2)19-17-7-5-6-8-18(17)23-20(19)22-11-15(3)16(4)12-22;1-2-8-14-13(7-1)15(17-9-3-4-10-17)16(19-14)18-11-5-6-12-18;1-7-8(2)11-10-6-4-3-5-9(7)10;9-13(10)7-5-3-1-2-4-6(5)15-8(7)14(11)12;9-7-5-3-1-2-4-6(5)11-8(7)10;7*1-2/h1-28H;5-8,13-16H,9-12H2,1-4H3;1-2,7-8H,3-6,9-12H2;3-6H,1-2H3;1-4H,9-12H2;1-4H,9-10H2;7*1-2H3/i;2*9T,10T,11T,12T;;;;;;;;;;/hT8/t;9-,10?,11-,12?,13?,14?,15?,16?,21?,22?;9-,10?,11-,12?,17?,18?;;;;;;;;;;/m.00........../s1. The van der Waals surface area contributed by atoms with E-state index in [0.29, 0.717) is 5.39 Å². The smallest absolute Gasteiger partial charge is 0.264 e. The van der Waals surface area contributed by atoms with E-state index in [2.05, 4.69) is 315 Å². The van der Waals surface area contributed by atoms with Gasteiger partial charge in [0.15, 0.2) is 0 Å². The van der Waals surface area contributed by atoms with Crippen LogP contribution in [-0.4, -0.2) is 49.1 Å². The fourth-order valence-electron chi connectivity index (χ4n) is 18.1. The van der Waals surface area contributed by atoms with Crippen LogP contribution < -0.4 is 61.7 Å². The maximum absolute atomic E-state index is 8.88. The largest absolute Gasteiger partial charge is 0.416 e. The van der Waals surface area contributed by atoms with E-state index in [-0.39, 0.29) is 105 Å². The van der Waals surface area contributed by atoms with Crippen LogP contribution in [0, 0.1) is 37.5 Å². The highest BCUT2D eigenvalue weighted by atomic mass is 32.1. The topological polar surface area (TPSA) is 157 Å². The molecule has 26 rings (SSSR count). The first-order valence-corrected chi connectivity index (χ1v) is 68.4. The number of fused-ring (bicyclic) bond motifs is 20. The highest BCUT2D eigenvalue weighted by molar-refractivity contribution is 7.79. The summed E-state index contributed by atoms with van der Waals surface area (Å²) in [5.41, 5.74) is 5.61. The van der Waals surface area contributed by atoms with E-state index in [1.165, 1.54) is 80.6 Å². The predicted octanol–water partition coefficient (Wildman–Crippen LogP) is 40.3. The highest BCUT2D eigenvalue weighted by Crippen LogP contribution is 2.62. The molecule has 4 saturated heterocycles. The third-order valence-electron chi connectivity index (χ3n) is 25.3. The summed E-state index contributed by atoms with van der Waals surface area (Å²) in [5.74, 6) is 0.949. The van der Waals surface area contributed by atoms with Gasteiger partial charge < -0.3 is 16.8 Å². The Morgan fingerprint density at radius 3 is 0.959 bits per heavy atom. The van der Waals surface area contributed by atoms with Crippen molar-refractivity contribution in [2.45, 2.75) is 164 Å². The average molecular weight is 2290 g/mol. The van der Waals surface area contributed by atoms with Crippen LogP contribution in [0.4, 0.5) is 0 Å². The van der Waals surface area contributed by atoms with Gasteiger partial charge in [0, 0.05) is 122 Å². The Bertz CT molecular complexity index is 8500. The van der Waals surface area contributed by atoms with Gasteiger partial charge >= 0.3 is 0 Å². The molecule has 8 nitrogen and oxygen atoms in total. The monoisotopic (exact) mass is 2290 g/mol. The van der Waals surface area contributed by atoms with Crippen molar-refractivity contribution in [3.8, 4) is 9.92 Å². The molecule has 18 atom stereocenters. The van der Waals surface area contributed by atoms with Crippen LogP contribution in [0.15, 0.2) is 308 Å². The summed E-state index contributed by atoms with van der Waals surface area (Å²) < 4.78 is 170. The van der Waals surface area contributed by atoms with Gasteiger partial charge in [0.05, 0.1) is 21.1 Å². The first kappa shape index (κ1) is 95.6. The summed E-state index contributed by atoms with van der Waals surface area (Å²) >= 11 is 10.1. The van der Waals surface area contributed by atoms with Crippen LogP contribution in [0.2, 0.25) is 11.3 Å². The number of benzene rings is 14. The van der Waals surface area contributed by atoms with Crippen molar-refractivity contribution in [2.24, 2.45) is 45.6 Å². The molecular formula is C124H148N4O4P10S6. The van der Waals surface area contributed by atoms with E-state index in [1.807, 2.05) is 132 Å². The van der Waals surface area contributed by atoms with Crippen LogP contribution in [0.25, 0.3) is 157 Å². The molecule has 12 heterocycles. The quantitative estimate of drug-likeness (QED) is 0.0881. The van der Waals surface area contributed by atoms with Crippen molar-refractivity contribution in [3.63, 3.8) is 0 Å². The molecule has 14 unspecified atom stereocenters. The molecular weight excluding hydrogens is 2110 g/mol. The molecule has 0 bridgehead atoms. The molecule has 774 valence electrons. The molecule has 22 aromatic rings. The van der Waals surface area contributed by atoms with Gasteiger partial charge in [-0.05, 0) is 232 Å². The molecule has 0 amide bonds. The third-order valence-corrected chi connectivity index (χ3v) is 51.3. The SMILES string of the molecule is CC.CC.CC.CC.CC.CC.CC.Cc1sc2ccccc2c1C.Pc1sc2ccccc2c1P.[3H]C1C(C)C(C)[C@H]([3H])P1c1sc2ccccc2c1P1C([3H])C(C)C(C)[C@@H]1[3H].[3H]C1CC[C@H]([3H])P1c1sc2ccccc2c1P1C([3H])CC[C@@H]1[3H].[3H]N([3H])P(c1sc2ccccc2c1P(N([3H])[3H])N([3H])[3H])N([3H])[3H].c1ccc2c(c1)ccc1op(-c3sc4ccccc4c3-p3oc4ccc5ccccc5c4c4c(ccc5ccccc54)o3)oc3ccc4ccccc4c3c12. The van der Waals surface area contributed by atoms with E-state index in [9.17, 15) is 0 Å². The lowest BCUT2D eigenvalue weighted by atomic mass is 9.99. The summed E-state index contributed by atoms with van der Waals surface area (Å²) in [5, 5.41) is 25.2. The lowest BCUT2D eigenvalue weighted by molar-refractivity contribution is 0.494. The number of thiophene rings is 6. The van der Waals surface area contributed by atoms with Crippen LogP contribution in [0.1, 0.15) is 172 Å². The Balaban J connectivity index is 0.000000163. The zero-order valence-corrected chi connectivity index (χ0v) is 102. The Labute approximate surface area is 939 Å². The maximum atomic E-state index is 8.88. The second-order valence-electron chi connectivity index (χ2n) is 33.8. The molecule has 0 aliphatic carbocycles. The van der Waals surface area contributed by atoms with Gasteiger partial charge in [-0.3, -0.25) is 22.0 Å². The van der Waals surface area contributed by atoms with Crippen LogP contribution in [-0.2, 0) is 0 Å². The van der Waals surface area contributed by atoms with Gasteiger partial charge in [-0.2, -0.15) is 0 Å². The molecule has 0 radical (unpaired) electrons. The van der Waals surface area contributed by atoms with Crippen molar-refractivity contribution in [1.29, 1.82) is 0 Å². The van der Waals surface area contributed by atoms with Crippen molar-refractivity contribution < 1.29 is 39.0 Å². The fraction of sp³-hybridized carbons (Fsp3) is 0.290. The molecule has 148 heavy (non-hydrogen) atoms. The number of aryl methyl sites for hydroxylation is 2. The minimum absolute atomic E-state index is 0.134. The molecule has 0 spiro atoms. The van der Waals surface area contributed by atoms with E-state index in [4.69, 9.17) is 39.0 Å². The second kappa shape index (κ2) is 56.4. The Hall–Kier alpha value is -7.04. The first-order valence-electron chi connectivity index (χ1n) is 59.8. The number of nitrogens with two attached hydrogens (primary N) is 4. The minimum Gasteiger partial charge on any atom is -0.416 e. The second-order valence-corrected chi connectivity index (χ2v) is 55.5. The summed E-state index contributed by atoms with van der Waals surface area (Å²) in [6.07, 6.45) is 1.94. The van der Waals surface area contributed by atoms with Gasteiger partial charge in [0.2, 0.25) is 0 Å². The van der Waals surface area contributed by atoms with E-state index in [1.54, 1.807) is 58.3 Å². The van der Waals surface area contributed by atoms with E-state index >= 15 is 0 Å². The molecule has 4 fully saturated rings. The Morgan fingerprint density at radius 2 is 0.581 bits per heavy atom. The molecule has 8 N–H and O–H groups in total. The number of hydrogen-bond donors (Lipinski definition) is 4. The molecule has 4 aliphatic rings. The predicted molar refractivity (Wildman–Crippen MR) is 701 cm³/mol. The maximum Gasteiger partial charge on any atom is 0.264 e. The number of hydrogen-bond acceptors (Lipinski definition) is 14. The van der Waals surface area contributed by atoms with Gasteiger partial charge in [0.25, 0.3) is 16.0 Å². The average Bonchev–Trinajstić information content (AvgIpc) is 1.57. The Morgan fingerprint density at radius 1 is 0.291 bits per heavy atom. The van der Waals surface area contributed by atoms with Gasteiger partial charge in [0.1, 0.15) is 43.5 Å². The molecule has 14 aromatic carbocycles. The lowest BCUT2D eigenvalue weighted by Gasteiger charge is -2.17. The van der Waals surface area contributed by atoms with Crippen molar-refractivity contribution in [1.82, 2.24) is 0 Å². The minimum atomic E-state index is -2.17. The summed E-state index contributed by atoms with van der Waals surface area (Å²) in [4.78, 5) is 1.44. The first-order chi connectivity index (χ1) is 79.4.